The molecule has 0 saturated carbocycles. The third-order valence-electron chi connectivity index (χ3n) is 3.20. The maximum absolute atomic E-state index is 11.7. The first kappa shape index (κ1) is 12.3. The highest BCUT2D eigenvalue weighted by atomic mass is 16.1. The molecule has 0 radical (unpaired) electrons. The summed E-state index contributed by atoms with van der Waals surface area (Å²) in [5.41, 5.74) is 3.00. The molecule has 0 aliphatic heterocycles. The van der Waals surface area contributed by atoms with Gasteiger partial charge in [-0.2, -0.15) is 9.61 Å². The van der Waals surface area contributed by atoms with Crippen molar-refractivity contribution in [2.45, 2.75) is 6.92 Å². The van der Waals surface area contributed by atoms with Crippen molar-refractivity contribution >= 4 is 17.2 Å². The number of hydrogen-bond acceptors (Lipinski definition) is 4. The first-order chi connectivity index (χ1) is 9.70. The number of hydrogen-bond donors (Lipinski definition) is 1. The van der Waals surface area contributed by atoms with Crippen molar-refractivity contribution in [3.63, 3.8) is 0 Å². The van der Waals surface area contributed by atoms with Crippen molar-refractivity contribution in [1.29, 1.82) is 0 Å². The second-order valence-corrected chi connectivity index (χ2v) is 4.48. The summed E-state index contributed by atoms with van der Waals surface area (Å²) in [6, 6.07) is 11.2. The molecular weight excluding hydrogens is 252 g/mol. The molecule has 0 unspecified atom stereocenters. The van der Waals surface area contributed by atoms with E-state index in [0.29, 0.717) is 5.56 Å². The molecular formula is C15H14N4O. The van der Waals surface area contributed by atoms with Crippen LogP contribution >= 0.6 is 0 Å². The van der Waals surface area contributed by atoms with Gasteiger partial charge in [-0.15, -0.1) is 0 Å². The third kappa shape index (κ3) is 1.93. The van der Waals surface area contributed by atoms with E-state index in [9.17, 15) is 4.79 Å². The molecule has 5 heteroatoms. The van der Waals surface area contributed by atoms with Crippen LogP contribution in [0.4, 0.5) is 5.82 Å². The van der Waals surface area contributed by atoms with Crippen LogP contribution in [0.5, 0.6) is 0 Å². The Morgan fingerprint density at radius 3 is 2.80 bits per heavy atom. The Bertz CT molecular complexity index is 791. The summed E-state index contributed by atoms with van der Waals surface area (Å²) < 4.78 is 1.72. The molecule has 0 aliphatic carbocycles. The van der Waals surface area contributed by atoms with Crippen molar-refractivity contribution < 1.29 is 4.79 Å². The van der Waals surface area contributed by atoms with Crippen LogP contribution in [0.1, 0.15) is 17.3 Å². The predicted octanol–water partition coefficient (Wildman–Crippen LogP) is 2.64. The summed E-state index contributed by atoms with van der Waals surface area (Å²) in [4.78, 5) is 16.3. The predicted molar refractivity (Wildman–Crippen MR) is 78.0 cm³/mol. The van der Waals surface area contributed by atoms with Crippen molar-refractivity contribution in [1.82, 2.24) is 14.6 Å². The monoisotopic (exact) mass is 266 g/mol. The lowest BCUT2D eigenvalue weighted by atomic mass is 10.0. The molecule has 0 fully saturated rings. The lowest BCUT2D eigenvalue weighted by molar-refractivity contribution is 0.101. The van der Waals surface area contributed by atoms with Crippen LogP contribution in [0, 0.1) is 0 Å². The van der Waals surface area contributed by atoms with Gasteiger partial charge >= 0.3 is 0 Å². The van der Waals surface area contributed by atoms with Gasteiger partial charge in [0.2, 0.25) is 0 Å². The molecule has 20 heavy (non-hydrogen) atoms. The molecule has 0 saturated heterocycles. The topological polar surface area (TPSA) is 59.3 Å². The Kier molecular flexibility index (Phi) is 2.95. The number of fused-ring (bicyclic) bond motifs is 1. The van der Waals surface area contributed by atoms with Gasteiger partial charge in [-0.1, -0.05) is 24.3 Å². The maximum atomic E-state index is 11.7. The van der Waals surface area contributed by atoms with Gasteiger partial charge in [0, 0.05) is 30.3 Å². The molecule has 3 rings (SSSR count). The summed E-state index contributed by atoms with van der Waals surface area (Å²) in [5.74, 6) is 0.857. The van der Waals surface area contributed by atoms with Crippen molar-refractivity contribution in [3.05, 3.63) is 48.2 Å². The lowest BCUT2D eigenvalue weighted by Crippen LogP contribution is -2.03. The number of carbonyl (C=O) groups is 1. The lowest BCUT2D eigenvalue weighted by Gasteiger charge is -2.10. The van der Waals surface area contributed by atoms with E-state index >= 15 is 0 Å². The van der Waals surface area contributed by atoms with E-state index in [2.05, 4.69) is 15.4 Å². The average Bonchev–Trinajstić information content (AvgIpc) is 2.94. The molecule has 2 heterocycles. The summed E-state index contributed by atoms with van der Waals surface area (Å²) in [7, 11) is 1.83. The first-order valence-corrected chi connectivity index (χ1v) is 6.33. The SMILES string of the molecule is CNc1cc(-c2ccccc2C(C)=O)nc2ccnn12. The van der Waals surface area contributed by atoms with Gasteiger partial charge in [0.25, 0.3) is 0 Å². The number of anilines is 1. The van der Waals surface area contributed by atoms with E-state index < -0.39 is 0 Å². The van der Waals surface area contributed by atoms with Gasteiger partial charge in [-0.3, -0.25) is 4.79 Å². The van der Waals surface area contributed by atoms with Gasteiger partial charge in [-0.25, -0.2) is 4.98 Å². The van der Waals surface area contributed by atoms with Gasteiger partial charge in [0.15, 0.2) is 11.4 Å². The second kappa shape index (κ2) is 4.77. The number of nitrogens with zero attached hydrogens (tertiary/aromatic N) is 3. The minimum Gasteiger partial charge on any atom is -0.373 e. The zero-order valence-corrected chi connectivity index (χ0v) is 11.3. The molecule has 0 amide bonds. The van der Waals surface area contributed by atoms with Crippen molar-refractivity contribution in [3.8, 4) is 11.3 Å². The summed E-state index contributed by atoms with van der Waals surface area (Å²) in [5, 5.41) is 7.30. The first-order valence-electron chi connectivity index (χ1n) is 6.33. The molecule has 0 bridgehead atoms. The van der Waals surface area contributed by atoms with Crippen LogP contribution in [-0.2, 0) is 0 Å². The molecule has 3 aromatic rings. The molecule has 100 valence electrons. The Labute approximate surface area is 116 Å². The van der Waals surface area contributed by atoms with Gasteiger partial charge in [0.1, 0.15) is 5.82 Å². The Balaban J connectivity index is 2.27. The smallest absolute Gasteiger partial charge is 0.160 e. The van der Waals surface area contributed by atoms with E-state index in [4.69, 9.17) is 0 Å². The fourth-order valence-corrected chi connectivity index (χ4v) is 2.24. The number of aromatic nitrogens is 3. The van der Waals surface area contributed by atoms with Crippen LogP contribution in [-0.4, -0.2) is 27.4 Å². The Morgan fingerprint density at radius 1 is 1.25 bits per heavy atom. The number of ketones is 1. The van der Waals surface area contributed by atoms with Crippen molar-refractivity contribution in [2.24, 2.45) is 0 Å². The number of carbonyl (C=O) groups excluding carboxylic acids is 1. The van der Waals surface area contributed by atoms with Gasteiger partial charge < -0.3 is 5.32 Å². The van der Waals surface area contributed by atoms with Crippen LogP contribution in [0.2, 0.25) is 0 Å². The molecule has 1 N–H and O–H groups in total. The normalized spacial score (nSPS) is 10.7. The number of Topliss-reactive ketones (excluding diaryl/α,β-unsaturated/α-hetero) is 1. The van der Waals surface area contributed by atoms with E-state index in [-0.39, 0.29) is 5.78 Å². The highest BCUT2D eigenvalue weighted by Crippen LogP contribution is 2.25. The largest absolute Gasteiger partial charge is 0.373 e. The van der Waals surface area contributed by atoms with E-state index in [1.807, 2.05) is 43.4 Å². The highest BCUT2D eigenvalue weighted by Gasteiger charge is 2.12. The third-order valence-corrected chi connectivity index (χ3v) is 3.20. The maximum Gasteiger partial charge on any atom is 0.160 e. The van der Waals surface area contributed by atoms with Crippen LogP contribution in [0.3, 0.4) is 0 Å². The second-order valence-electron chi connectivity index (χ2n) is 4.48. The number of benzene rings is 1. The van der Waals surface area contributed by atoms with E-state index in [1.165, 1.54) is 0 Å². The quantitative estimate of drug-likeness (QED) is 0.740. The standard InChI is InChI=1S/C15H14N4O/c1-10(20)11-5-3-4-6-12(11)13-9-15(16-2)19-14(18-13)7-8-17-19/h3-9,16H,1-2H3. The van der Waals surface area contributed by atoms with Gasteiger partial charge in [-0.05, 0) is 6.92 Å². The minimum atomic E-state index is 0.0294. The van der Waals surface area contributed by atoms with Crippen LogP contribution in [0.15, 0.2) is 42.6 Å². The summed E-state index contributed by atoms with van der Waals surface area (Å²) in [6.45, 7) is 1.56. The number of rotatable bonds is 3. The fourth-order valence-electron chi connectivity index (χ4n) is 2.24. The number of nitrogens with one attached hydrogen (secondary N) is 1. The Hall–Kier alpha value is -2.69. The zero-order valence-electron chi connectivity index (χ0n) is 11.3. The summed E-state index contributed by atoms with van der Waals surface area (Å²) in [6.07, 6.45) is 1.70. The molecule has 0 spiro atoms. The molecule has 0 aliphatic rings. The van der Waals surface area contributed by atoms with Crippen LogP contribution < -0.4 is 5.32 Å². The molecule has 2 aromatic heterocycles. The van der Waals surface area contributed by atoms with Crippen LogP contribution in [0.25, 0.3) is 16.9 Å². The molecule has 0 atom stereocenters. The zero-order chi connectivity index (χ0) is 14.1. The molecule has 5 nitrogen and oxygen atoms in total. The van der Waals surface area contributed by atoms with Crippen molar-refractivity contribution in [2.75, 3.05) is 12.4 Å². The minimum absolute atomic E-state index is 0.0294. The Morgan fingerprint density at radius 2 is 2.05 bits per heavy atom. The van der Waals surface area contributed by atoms with E-state index in [0.717, 1.165) is 22.7 Å². The summed E-state index contributed by atoms with van der Waals surface area (Å²) >= 11 is 0. The van der Waals surface area contributed by atoms with Gasteiger partial charge in [0.05, 0.1) is 11.9 Å². The average molecular weight is 266 g/mol. The highest BCUT2D eigenvalue weighted by molar-refractivity contribution is 6.00. The van der Waals surface area contributed by atoms with E-state index in [1.54, 1.807) is 17.6 Å². The molecule has 1 aromatic carbocycles. The fraction of sp³-hybridized carbons (Fsp3) is 0.133.